The van der Waals surface area contributed by atoms with Gasteiger partial charge in [0, 0.05) is 48.4 Å². The van der Waals surface area contributed by atoms with Gasteiger partial charge in [0.2, 0.25) is 0 Å². The topological polar surface area (TPSA) is 116 Å². The van der Waals surface area contributed by atoms with Crippen molar-refractivity contribution in [1.82, 2.24) is 25.5 Å². The molecule has 1 aliphatic rings. The minimum Gasteiger partial charge on any atom is -0.346 e. The maximum atomic E-state index is 12.9. The molecule has 3 amide bonds. The van der Waals surface area contributed by atoms with E-state index < -0.39 is 17.9 Å². The van der Waals surface area contributed by atoms with Crippen LogP contribution in [0.4, 0.5) is 5.82 Å². The first-order valence-corrected chi connectivity index (χ1v) is 12.7. The van der Waals surface area contributed by atoms with Gasteiger partial charge >= 0.3 is 11.8 Å². The first-order chi connectivity index (χ1) is 16.4. The van der Waals surface area contributed by atoms with Crippen LogP contribution < -0.4 is 16.0 Å². The summed E-state index contributed by atoms with van der Waals surface area (Å²) in [7, 11) is 2.04. The lowest BCUT2D eigenvalue weighted by molar-refractivity contribution is -0.136. The van der Waals surface area contributed by atoms with E-state index in [2.05, 4.69) is 30.8 Å². The highest BCUT2D eigenvalue weighted by Crippen LogP contribution is 2.24. The SMILES string of the molecule is CN1CCc2nc(C(=O)NC(CNC(=O)C(=O)Nc3ccc(Cl)cn3)Cc3cccs3)sc2C1. The van der Waals surface area contributed by atoms with E-state index in [0.29, 0.717) is 16.5 Å². The van der Waals surface area contributed by atoms with Crippen molar-refractivity contribution in [2.75, 3.05) is 25.5 Å². The Morgan fingerprint density at radius 2 is 2.09 bits per heavy atom. The molecule has 0 aromatic carbocycles. The first-order valence-electron chi connectivity index (χ1n) is 10.6. The monoisotopic (exact) mass is 518 g/mol. The molecule has 0 radical (unpaired) electrons. The Balaban J connectivity index is 1.37. The molecule has 0 bridgehead atoms. The van der Waals surface area contributed by atoms with Gasteiger partial charge in [-0.3, -0.25) is 14.4 Å². The number of halogens is 1. The van der Waals surface area contributed by atoms with Crippen LogP contribution in [0, 0.1) is 0 Å². The summed E-state index contributed by atoms with van der Waals surface area (Å²) < 4.78 is 0. The molecule has 1 unspecified atom stereocenters. The van der Waals surface area contributed by atoms with Gasteiger partial charge in [-0.2, -0.15) is 0 Å². The number of nitrogens with zero attached hydrogens (tertiary/aromatic N) is 3. The van der Waals surface area contributed by atoms with Crippen LogP contribution in [-0.2, 0) is 29.0 Å². The van der Waals surface area contributed by atoms with E-state index in [1.807, 2.05) is 24.6 Å². The molecule has 4 rings (SSSR count). The molecule has 3 aromatic heterocycles. The number of anilines is 1. The van der Waals surface area contributed by atoms with E-state index in [-0.39, 0.29) is 18.3 Å². The van der Waals surface area contributed by atoms with Gasteiger partial charge in [0.05, 0.1) is 16.8 Å². The highest BCUT2D eigenvalue weighted by Gasteiger charge is 2.24. The highest BCUT2D eigenvalue weighted by atomic mass is 35.5. The molecule has 9 nitrogen and oxygen atoms in total. The van der Waals surface area contributed by atoms with Crippen molar-refractivity contribution < 1.29 is 14.4 Å². The van der Waals surface area contributed by atoms with Gasteiger partial charge in [0.25, 0.3) is 5.91 Å². The zero-order chi connectivity index (χ0) is 24.1. The molecule has 12 heteroatoms. The van der Waals surface area contributed by atoms with Crippen molar-refractivity contribution in [3.05, 3.63) is 61.3 Å². The minimum absolute atomic E-state index is 0.0811. The quantitative estimate of drug-likeness (QED) is 0.413. The number of likely N-dealkylation sites (N-methyl/N-ethyl adjacent to an activating group) is 1. The highest BCUT2D eigenvalue weighted by molar-refractivity contribution is 7.13. The predicted octanol–water partition coefficient (Wildman–Crippen LogP) is 2.34. The molecular weight excluding hydrogens is 496 g/mol. The minimum atomic E-state index is -0.854. The average molecular weight is 519 g/mol. The lowest BCUT2D eigenvalue weighted by atomic mass is 10.1. The predicted molar refractivity (Wildman–Crippen MR) is 132 cm³/mol. The standard InChI is InChI=1S/C22H23ClN6O3S2/c1-29-7-6-16-17(12-29)34-22(27-16)21(32)26-14(9-15-3-2-8-33-15)11-25-19(30)20(31)28-18-5-4-13(23)10-24-18/h2-5,8,10,14H,6-7,9,11-12H2,1H3,(H,25,30)(H,26,32)(H,24,28,31). The number of fused-ring (bicyclic) bond motifs is 1. The van der Waals surface area contributed by atoms with Gasteiger partial charge in [-0.15, -0.1) is 22.7 Å². The van der Waals surface area contributed by atoms with Gasteiger partial charge in [0.1, 0.15) is 5.82 Å². The number of rotatable bonds is 7. The number of carbonyl (C=O) groups excluding carboxylic acids is 3. The van der Waals surface area contributed by atoms with E-state index in [0.717, 1.165) is 35.0 Å². The third kappa shape index (κ3) is 6.38. The number of amides is 3. The number of thiazole rings is 1. The van der Waals surface area contributed by atoms with Crippen LogP contribution in [0.5, 0.6) is 0 Å². The van der Waals surface area contributed by atoms with Gasteiger partial charge in [-0.25, -0.2) is 9.97 Å². The summed E-state index contributed by atoms with van der Waals surface area (Å²) in [6, 6.07) is 6.53. The number of aromatic nitrogens is 2. The Morgan fingerprint density at radius 3 is 2.82 bits per heavy atom. The zero-order valence-electron chi connectivity index (χ0n) is 18.3. The maximum Gasteiger partial charge on any atom is 0.314 e. The van der Waals surface area contributed by atoms with Crippen LogP contribution >= 0.6 is 34.3 Å². The van der Waals surface area contributed by atoms with Gasteiger partial charge in [-0.05, 0) is 30.6 Å². The van der Waals surface area contributed by atoms with Crippen LogP contribution in [0.1, 0.15) is 25.3 Å². The summed E-state index contributed by atoms with van der Waals surface area (Å²) in [6.07, 6.45) is 2.70. The molecule has 0 spiro atoms. The second-order valence-corrected chi connectivity index (χ2v) is 10.4. The number of hydrogen-bond acceptors (Lipinski definition) is 8. The maximum absolute atomic E-state index is 12.9. The average Bonchev–Trinajstić information content (AvgIpc) is 3.48. The Bertz CT molecular complexity index is 1170. The Morgan fingerprint density at radius 1 is 1.24 bits per heavy atom. The Hall–Kier alpha value is -2.86. The Labute approximate surface area is 209 Å². The van der Waals surface area contributed by atoms with Crippen LogP contribution in [0.15, 0.2) is 35.8 Å². The number of thiophene rings is 1. The third-order valence-electron chi connectivity index (χ3n) is 5.16. The lowest BCUT2D eigenvalue weighted by Gasteiger charge is -2.20. The molecule has 0 saturated carbocycles. The molecule has 4 heterocycles. The summed E-state index contributed by atoms with van der Waals surface area (Å²) in [5.74, 6) is -1.75. The van der Waals surface area contributed by atoms with Crippen LogP contribution in [-0.4, -0.2) is 58.8 Å². The molecule has 0 fully saturated rings. The molecular formula is C22H23ClN6O3S2. The van der Waals surface area contributed by atoms with Crippen molar-refractivity contribution in [2.45, 2.75) is 25.4 Å². The normalized spacial score (nSPS) is 14.2. The second-order valence-electron chi connectivity index (χ2n) is 7.86. The summed E-state index contributed by atoms with van der Waals surface area (Å²) in [6.45, 7) is 1.78. The number of nitrogens with one attached hydrogen (secondary N) is 3. The molecule has 3 N–H and O–H groups in total. The summed E-state index contributed by atoms with van der Waals surface area (Å²) in [5.41, 5.74) is 0.976. The fourth-order valence-electron chi connectivity index (χ4n) is 3.43. The molecule has 1 atom stereocenters. The molecule has 1 aliphatic heterocycles. The molecule has 3 aromatic rings. The fourth-order valence-corrected chi connectivity index (χ4v) is 5.42. The lowest BCUT2D eigenvalue weighted by Crippen LogP contribution is -2.47. The number of carbonyl (C=O) groups is 3. The largest absolute Gasteiger partial charge is 0.346 e. The zero-order valence-corrected chi connectivity index (χ0v) is 20.7. The van der Waals surface area contributed by atoms with Gasteiger partial charge < -0.3 is 20.9 Å². The summed E-state index contributed by atoms with van der Waals surface area (Å²) >= 11 is 8.74. The first kappa shape index (κ1) is 24.3. The van der Waals surface area contributed by atoms with Crippen molar-refractivity contribution in [3.63, 3.8) is 0 Å². The van der Waals surface area contributed by atoms with Crippen molar-refractivity contribution in [2.24, 2.45) is 0 Å². The molecule has 178 valence electrons. The molecule has 0 aliphatic carbocycles. The van der Waals surface area contributed by atoms with E-state index in [1.165, 1.54) is 23.6 Å². The van der Waals surface area contributed by atoms with E-state index in [4.69, 9.17) is 11.6 Å². The summed E-state index contributed by atoms with van der Waals surface area (Å²) in [5, 5.41) is 10.8. The van der Waals surface area contributed by atoms with E-state index in [1.54, 1.807) is 17.4 Å². The summed E-state index contributed by atoms with van der Waals surface area (Å²) in [4.78, 5) is 50.3. The second kappa shape index (κ2) is 11.0. The van der Waals surface area contributed by atoms with Crippen molar-refractivity contribution in [1.29, 1.82) is 0 Å². The van der Waals surface area contributed by atoms with E-state index in [9.17, 15) is 14.4 Å². The van der Waals surface area contributed by atoms with Crippen LogP contribution in [0.2, 0.25) is 5.02 Å². The number of pyridine rings is 1. The number of hydrogen-bond donors (Lipinski definition) is 3. The Kier molecular flexibility index (Phi) is 7.88. The fraction of sp³-hybridized carbons (Fsp3) is 0.318. The smallest absolute Gasteiger partial charge is 0.314 e. The molecule has 34 heavy (non-hydrogen) atoms. The van der Waals surface area contributed by atoms with Gasteiger partial charge in [-0.1, -0.05) is 17.7 Å². The van der Waals surface area contributed by atoms with Gasteiger partial charge in [0.15, 0.2) is 5.01 Å². The molecule has 0 saturated heterocycles. The van der Waals surface area contributed by atoms with Crippen LogP contribution in [0.3, 0.4) is 0 Å². The van der Waals surface area contributed by atoms with E-state index >= 15 is 0 Å². The van der Waals surface area contributed by atoms with Crippen molar-refractivity contribution >= 4 is 57.8 Å². The van der Waals surface area contributed by atoms with Crippen molar-refractivity contribution in [3.8, 4) is 0 Å². The third-order valence-corrected chi connectivity index (χ3v) is 7.37. The van der Waals surface area contributed by atoms with Crippen LogP contribution in [0.25, 0.3) is 0 Å².